The Morgan fingerprint density at radius 2 is 1.97 bits per heavy atom. The van der Waals surface area contributed by atoms with Gasteiger partial charge in [-0.15, -0.1) is 0 Å². The second-order valence-electron chi connectivity index (χ2n) is 7.68. The van der Waals surface area contributed by atoms with Gasteiger partial charge < -0.3 is 0 Å². The Morgan fingerprint density at radius 1 is 1.21 bits per heavy atom. The van der Waals surface area contributed by atoms with E-state index < -0.39 is 6.04 Å². The summed E-state index contributed by atoms with van der Waals surface area (Å²) in [6.45, 7) is 4.67. The van der Waals surface area contributed by atoms with Gasteiger partial charge in [-0.25, -0.2) is 19.7 Å². The van der Waals surface area contributed by atoms with E-state index in [1.165, 1.54) is 23.3 Å². The van der Waals surface area contributed by atoms with Gasteiger partial charge in [-0.05, 0) is 24.8 Å². The summed E-state index contributed by atoms with van der Waals surface area (Å²) in [6.07, 6.45) is 5.74. The number of urea groups is 1. The van der Waals surface area contributed by atoms with Crippen molar-refractivity contribution in [1.29, 1.82) is 0 Å². The Bertz CT molecular complexity index is 873. The first-order valence-electron chi connectivity index (χ1n) is 9.89. The molecule has 2 atom stereocenters. The van der Waals surface area contributed by atoms with Gasteiger partial charge in [-0.2, -0.15) is 0 Å². The van der Waals surface area contributed by atoms with Crippen molar-refractivity contribution in [2.45, 2.75) is 31.0 Å². The molecule has 10 heteroatoms. The number of amides is 3. The SMILES string of the molecule is CC1CCC[N+](=C2N=C3C(C(=O)N(C)C(=O)N3C)N2CCSc2ncccn2)C1. The molecule has 2 saturated heterocycles. The minimum atomic E-state index is -0.563. The van der Waals surface area contributed by atoms with Crippen molar-refractivity contribution < 1.29 is 14.2 Å². The van der Waals surface area contributed by atoms with Crippen molar-refractivity contribution in [3.05, 3.63) is 18.5 Å². The van der Waals surface area contributed by atoms with E-state index in [1.807, 2.05) is 4.90 Å². The summed E-state index contributed by atoms with van der Waals surface area (Å²) in [5.74, 6) is 2.38. The molecule has 0 radical (unpaired) electrons. The van der Waals surface area contributed by atoms with E-state index in [-0.39, 0.29) is 11.9 Å². The van der Waals surface area contributed by atoms with Crippen LogP contribution < -0.4 is 0 Å². The number of thioether (sulfide) groups is 1. The van der Waals surface area contributed by atoms with E-state index >= 15 is 0 Å². The number of hydrogen-bond acceptors (Lipinski definition) is 5. The minimum absolute atomic E-state index is 0.229. The van der Waals surface area contributed by atoms with Gasteiger partial charge in [-0.3, -0.25) is 19.2 Å². The lowest BCUT2D eigenvalue weighted by atomic mass is 10.0. The van der Waals surface area contributed by atoms with Gasteiger partial charge in [-0.1, -0.05) is 23.7 Å². The van der Waals surface area contributed by atoms with E-state index in [0.29, 0.717) is 29.2 Å². The van der Waals surface area contributed by atoms with E-state index in [4.69, 9.17) is 4.99 Å². The zero-order valence-corrected chi connectivity index (χ0v) is 17.8. The average molecular weight is 417 g/mol. The van der Waals surface area contributed by atoms with Crippen LogP contribution in [0.15, 0.2) is 28.6 Å². The Kier molecular flexibility index (Phi) is 5.53. The third kappa shape index (κ3) is 3.73. The number of nitrogens with zero attached hydrogens (tertiary/aromatic N) is 7. The monoisotopic (exact) mass is 416 g/mol. The molecular weight excluding hydrogens is 390 g/mol. The Morgan fingerprint density at radius 3 is 2.69 bits per heavy atom. The number of aromatic nitrogens is 2. The quantitative estimate of drug-likeness (QED) is 0.413. The maximum absolute atomic E-state index is 13.0. The van der Waals surface area contributed by atoms with Crippen molar-refractivity contribution in [2.24, 2.45) is 10.9 Å². The molecule has 154 valence electrons. The number of imide groups is 1. The molecule has 3 aliphatic rings. The maximum Gasteiger partial charge on any atom is 0.392 e. The fourth-order valence-electron chi connectivity index (χ4n) is 4.03. The van der Waals surface area contributed by atoms with Gasteiger partial charge in [0.25, 0.3) is 5.91 Å². The predicted octanol–water partition coefficient (Wildman–Crippen LogP) is 0.974. The third-order valence-electron chi connectivity index (χ3n) is 5.55. The van der Waals surface area contributed by atoms with Crippen LogP contribution in [-0.2, 0) is 4.79 Å². The van der Waals surface area contributed by atoms with Gasteiger partial charge in [0.1, 0.15) is 0 Å². The molecule has 1 aromatic rings. The molecule has 0 aromatic carbocycles. The molecule has 0 saturated carbocycles. The second kappa shape index (κ2) is 8.10. The molecule has 0 N–H and O–H groups in total. The average Bonchev–Trinajstić information content (AvgIpc) is 3.11. The van der Waals surface area contributed by atoms with Crippen LogP contribution in [0.25, 0.3) is 0 Å². The summed E-state index contributed by atoms with van der Waals surface area (Å²) in [5, 5.41) is 0.709. The molecule has 9 nitrogen and oxygen atoms in total. The van der Waals surface area contributed by atoms with Gasteiger partial charge in [0.15, 0.2) is 5.16 Å². The first-order valence-corrected chi connectivity index (χ1v) is 10.9. The zero-order chi connectivity index (χ0) is 20.5. The number of hydrogen-bond donors (Lipinski definition) is 0. The number of likely N-dealkylation sites (N-methyl/N-ethyl adjacent to an activating group) is 2. The van der Waals surface area contributed by atoms with Crippen molar-refractivity contribution in [2.75, 3.05) is 39.5 Å². The normalized spacial score (nSPS) is 27.4. The first kappa shape index (κ1) is 19.8. The molecular formula is C19H26N7O2S+. The van der Waals surface area contributed by atoms with Crippen LogP contribution in [0.2, 0.25) is 0 Å². The lowest BCUT2D eigenvalue weighted by Crippen LogP contribution is -2.63. The standard InChI is InChI=1S/C19H26N7O2S/c1-13-6-4-9-25(12-13)18-22-15-14(16(27)24(3)19(28)23(15)2)26(18)10-11-29-17-20-7-5-8-21-17/h5,7-8,13-14H,4,6,9-12H2,1-3H3/q+1. The molecule has 0 aliphatic carbocycles. The molecule has 3 aliphatic heterocycles. The molecule has 3 amide bonds. The largest absolute Gasteiger partial charge is 0.392 e. The summed E-state index contributed by atoms with van der Waals surface area (Å²) in [4.78, 5) is 43.4. The van der Waals surface area contributed by atoms with Crippen molar-refractivity contribution in [3.63, 3.8) is 0 Å². The number of aliphatic imine (C=N–C) groups is 1. The number of carbonyl (C=O) groups excluding carboxylic acids is 2. The van der Waals surface area contributed by atoms with Crippen molar-refractivity contribution in [3.8, 4) is 0 Å². The molecule has 2 unspecified atom stereocenters. The number of fused-ring (bicyclic) bond motifs is 1. The summed E-state index contributed by atoms with van der Waals surface area (Å²) in [6, 6.07) is 0.884. The van der Waals surface area contributed by atoms with Crippen LogP contribution in [-0.4, -0.2) is 98.5 Å². The Labute approximate surface area is 174 Å². The van der Waals surface area contributed by atoms with Crippen molar-refractivity contribution in [1.82, 2.24) is 24.7 Å². The van der Waals surface area contributed by atoms with Crippen molar-refractivity contribution >= 4 is 35.5 Å². The van der Waals surface area contributed by atoms with Gasteiger partial charge in [0.2, 0.25) is 11.9 Å². The smallest absolute Gasteiger partial charge is 0.270 e. The summed E-state index contributed by atoms with van der Waals surface area (Å²) >= 11 is 1.55. The highest BCUT2D eigenvalue weighted by atomic mass is 32.2. The molecule has 29 heavy (non-hydrogen) atoms. The Hall–Kier alpha value is -2.49. The maximum atomic E-state index is 13.0. The summed E-state index contributed by atoms with van der Waals surface area (Å²) in [7, 11) is 3.22. The number of carbonyl (C=O) groups is 2. The van der Waals surface area contributed by atoms with E-state index in [0.717, 1.165) is 25.5 Å². The Balaban J connectivity index is 1.62. The van der Waals surface area contributed by atoms with Gasteiger partial charge in [0, 0.05) is 32.2 Å². The molecule has 1 aromatic heterocycles. The topological polar surface area (TPSA) is 85.0 Å². The van der Waals surface area contributed by atoms with E-state index in [1.54, 1.807) is 37.3 Å². The number of piperidine rings is 1. The predicted molar refractivity (Wildman–Crippen MR) is 110 cm³/mol. The molecule has 4 rings (SSSR count). The fraction of sp³-hybridized carbons (Fsp3) is 0.579. The van der Waals surface area contributed by atoms with E-state index in [9.17, 15) is 9.59 Å². The molecule has 0 spiro atoms. The molecule has 2 fully saturated rings. The second-order valence-corrected chi connectivity index (χ2v) is 8.74. The summed E-state index contributed by atoms with van der Waals surface area (Å²) in [5.41, 5.74) is 0. The van der Waals surface area contributed by atoms with Crippen LogP contribution in [0.3, 0.4) is 0 Å². The highest BCUT2D eigenvalue weighted by Gasteiger charge is 2.55. The van der Waals surface area contributed by atoms with Gasteiger partial charge >= 0.3 is 12.0 Å². The highest BCUT2D eigenvalue weighted by molar-refractivity contribution is 7.99. The van der Waals surface area contributed by atoms with E-state index in [2.05, 4.69) is 21.5 Å². The fourth-order valence-corrected chi connectivity index (χ4v) is 4.77. The molecule has 4 heterocycles. The zero-order valence-electron chi connectivity index (χ0n) is 17.0. The van der Waals surface area contributed by atoms with Crippen LogP contribution in [0, 0.1) is 5.92 Å². The lowest BCUT2D eigenvalue weighted by Gasteiger charge is -2.33. The molecule has 0 bridgehead atoms. The van der Waals surface area contributed by atoms with Gasteiger partial charge in [0.05, 0.1) is 19.6 Å². The third-order valence-corrected chi connectivity index (χ3v) is 6.41. The van der Waals surface area contributed by atoms with Crippen LogP contribution in [0.4, 0.5) is 4.79 Å². The number of rotatable bonds is 4. The number of guanidine groups is 1. The summed E-state index contributed by atoms with van der Waals surface area (Å²) < 4.78 is 2.26. The van der Waals surface area contributed by atoms with Crippen LogP contribution >= 0.6 is 11.8 Å². The minimum Gasteiger partial charge on any atom is -0.270 e. The first-order chi connectivity index (χ1) is 14.0. The number of amidine groups is 1. The van der Waals surface area contributed by atoms with Crippen LogP contribution in [0.1, 0.15) is 19.8 Å². The lowest BCUT2D eigenvalue weighted by molar-refractivity contribution is -0.550. The highest BCUT2D eigenvalue weighted by Crippen LogP contribution is 2.25. The van der Waals surface area contributed by atoms with Crippen LogP contribution in [0.5, 0.6) is 0 Å².